The Morgan fingerprint density at radius 3 is 2.31 bits per heavy atom. The molecule has 3 aromatic rings. The van der Waals surface area contributed by atoms with Crippen LogP contribution in [0.15, 0.2) is 36.4 Å². The molecular weight excluding hydrogens is 354 g/mol. The number of aliphatic carboxylic acids is 1. The van der Waals surface area contributed by atoms with E-state index in [0.29, 0.717) is 17.9 Å². The fourth-order valence-electron chi connectivity index (χ4n) is 3.40. The highest BCUT2D eigenvalue weighted by Crippen LogP contribution is 2.37. The van der Waals surface area contributed by atoms with Gasteiger partial charge in [0.2, 0.25) is 0 Å². The summed E-state index contributed by atoms with van der Waals surface area (Å²) in [5.41, 5.74) is 1.84. The molecule has 1 heterocycles. The van der Waals surface area contributed by atoms with Crippen LogP contribution in [0.25, 0.3) is 21.8 Å². The monoisotopic (exact) mass is 373 g/mol. The number of esters is 1. The van der Waals surface area contributed by atoms with E-state index in [0.717, 1.165) is 27.4 Å². The number of halogens is 1. The molecule has 2 aromatic carbocycles. The molecular formula is C20H20ClNO4. The molecule has 136 valence electrons. The number of nitrogens with one attached hydrogen (secondary N) is 1. The average molecular weight is 374 g/mol. The molecule has 3 rings (SSSR count). The minimum atomic E-state index is -1.20. The number of aromatic nitrogens is 1. The number of benzene rings is 2. The fraction of sp³-hybridized carbons (Fsp3) is 0.300. The minimum absolute atomic E-state index is 0.548. The molecule has 0 saturated heterocycles. The molecule has 0 atom stereocenters. The van der Waals surface area contributed by atoms with Gasteiger partial charge in [-0.15, -0.1) is 0 Å². The van der Waals surface area contributed by atoms with E-state index in [9.17, 15) is 9.59 Å². The van der Waals surface area contributed by atoms with E-state index in [-0.39, 0.29) is 0 Å². The summed E-state index contributed by atoms with van der Waals surface area (Å²) in [6.45, 7) is 3.85. The summed E-state index contributed by atoms with van der Waals surface area (Å²) >= 11 is 6.07. The van der Waals surface area contributed by atoms with Gasteiger partial charge in [-0.2, -0.15) is 0 Å². The predicted octanol–water partition coefficient (Wildman–Crippen LogP) is 5.01. The number of fused-ring (bicyclic) bond motifs is 3. The van der Waals surface area contributed by atoms with Crippen molar-refractivity contribution in [3.05, 3.63) is 47.0 Å². The van der Waals surface area contributed by atoms with E-state index >= 15 is 0 Å². The summed E-state index contributed by atoms with van der Waals surface area (Å²) in [5, 5.41) is 11.6. The molecule has 5 nitrogen and oxygen atoms in total. The number of carboxylic acid groups (broad SMARTS) is 1. The minimum Gasteiger partial charge on any atom is -0.481 e. The smallest absolute Gasteiger partial charge is 0.318 e. The summed E-state index contributed by atoms with van der Waals surface area (Å²) in [4.78, 5) is 26.1. The molecule has 1 aromatic heterocycles. The van der Waals surface area contributed by atoms with Crippen LogP contribution in [0.1, 0.15) is 38.7 Å². The molecule has 0 bridgehead atoms. The summed E-state index contributed by atoms with van der Waals surface area (Å²) < 4.78 is 5.62. The molecule has 0 aliphatic carbocycles. The number of hydrogen-bond acceptors (Lipinski definition) is 3. The molecule has 0 aliphatic rings. The second-order valence-corrected chi connectivity index (χ2v) is 6.76. The molecule has 0 unspecified atom stereocenters. The molecule has 0 spiro atoms. The molecule has 0 saturated carbocycles. The Bertz CT molecular complexity index is 988. The van der Waals surface area contributed by atoms with Gasteiger partial charge < -0.3 is 14.8 Å². The van der Waals surface area contributed by atoms with Crippen LogP contribution >= 0.6 is 11.6 Å². The van der Waals surface area contributed by atoms with E-state index in [1.165, 1.54) is 0 Å². The highest BCUT2D eigenvalue weighted by Gasteiger charge is 2.33. The number of carboxylic acids is 1. The average Bonchev–Trinajstić information content (AvgIpc) is 2.95. The highest BCUT2D eigenvalue weighted by molar-refractivity contribution is 6.31. The first kappa shape index (κ1) is 18.3. The first-order valence-corrected chi connectivity index (χ1v) is 8.91. The SMILES string of the molecule is CCC(CC)(OC(=O)CC(=O)O)c1ccc2c(c1)[nH]c1cc(Cl)ccc12. The molecule has 0 fully saturated rings. The zero-order valence-electron chi connectivity index (χ0n) is 14.6. The molecule has 26 heavy (non-hydrogen) atoms. The van der Waals surface area contributed by atoms with E-state index in [4.69, 9.17) is 21.4 Å². The number of H-pyrrole nitrogens is 1. The van der Waals surface area contributed by atoms with Crippen molar-refractivity contribution in [2.75, 3.05) is 0 Å². The van der Waals surface area contributed by atoms with Crippen molar-refractivity contribution in [2.24, 2.45) is 0 Å². The number of carbonyl (C=O) groups is 2. The second-order valence-electron chi connectivity index (χ2n) is 6.32. The summed E-state index contributed by atoms with van der Waals surface area (Å²) in [7, 11) is 0. The largest absolute Gasteiger partial charge is 0.481 e. The van der Waals surface area contributed by atoms with Crippen molar-refractivity contribution in [2.45, 2.75) is 38.7 Å². The predicted molar refractivity (Wildman–Crippen MR) is 101 cm³/mol. The van der Waals surface area contributed by atoms with Crippen molar-refractivity contribution >= 4 is 45.3 Å². The molecule has 6 heteroatoms. The maximum Gasteiger partial charge on any atom is 0.318 e. The van der Waals surface area contributed by atoms with Crippen molar-refractivity contribution < 1.29 is 19.4 Å². The van der Waals surface area contributed by atoms with Gasteiger partial charge in [-0.3, -0.25) is 9.59 Å². The topological polar surface area (TPSA) is 79.4 Å². The Balaban J connectivity index is 2.06. The van der Waals surface area contributed by atoms with Gasteiger partial charge in [-0.25, -0.2) is 0 Å². The van der Waals surface area contributed by atoms with Crippen LogP contribution in [0.3, 0.4) is 0 Å². The first-order valence-electron chi connectivity index (χ1n) is 8.53. The van der Waals surface area contributed by atoms with E-state index in [2.05, 4.69) is 4.98 Å². The normalized spacial score (nSPS) is 11.8. The van der Waals surface area contributed by atoms with E-state index in [1.54, 1.807) is 0 Å². The maximum absolute atomic E-state index is 12.0. The van der Waals surface area contributed by atoms with Gasteiger partial charge in [0.05, 0.1) is 0 Å². The van der Waals surface area contributed by atoms with Crippen molar-refractivity contribution in [3.63, 3.8) is 0 Å². The van der Waals surface area contributed by atoms with Gasteiger partial charge in [0.25, 0.3) is 0 Å². The molecule has 0 radical (unpaired) electrons. The summed E-state index contributed by atoms with van der Waals surface area (Å²) in [5.74, 6) is -1.93. The summed E-state index contributed by atoms with van der Waals surface area (Å²) in [6, 6.07) is 11.6. The standard InChI is InChI=1S/C20H20ClNO4/c1-3-20(4-2,26-19(25)11-18(23)24)12-5-7-14-15-8-6-13(21)10-17(15)22-16(14)9-12/h5-10,22H,3-4,11H2,1-2H3,(H,23,24). The summed E-state index contributed by atoms with van der Waals surface area (Å²) in [6.07, 6.45) is 0.452. The Kier molecular flexibility index (Phi) is 4.92. The molecule has 0 aliphatic heterocycles. The first-order chi connectivity index (χ1) is 12.4. The lowest BCUT2D eigenvalue weighted by molar-refractivity contribution is -0.165. The number of aromatic amines is 1. The second kappa shape index (κ2) is 7.00. The lowest BCUT2D eigenvalue weighted by atomic mass is 9.87. The van der Waals surface area contributed by atoms with Gasteiger partial charge >= 0.3 is 11.9 Å². The quantitative estimate of drug-likeness (QED) is 0.470. The number of ether oxygens (including phenoxy) is 1. The van der Waals surface area contributed by atoms with Crippen LogP contribution < -0.4 is 0 Å². The lowest BCUT2D eigenvalue weighted by Gasteiger charge is -2.32. The zero-order valence-corrected chi connectivity index (χ0v) is 15.4. The third kappa shape index (κ3) is 3.27. The number of rotatable bonds is 6. The van der Waals surface area contributed by atoms with Crippen LogP contribution in [-0.4, -0.2) is 22.0 Å². The third-order valence-corrected chi connectivity index (χ3v) is 5.07. The van der Waals surface area contributed by atoms with Crippen molar-refractivity contribution in [3.8, 4) is 0 Å². The van der Waals surface area contributed by atoms with Gasteiger partial charge in [-0.05, 0) is 36.6 Å². The van der Waals surface area contributed by atoms with Gasteiger partial charge in [0.15, 0.2) is 0 Å². The zero-order chi connectivity index (χ0) is 18.9. The Morgan fingerprint density at radius 2 is 1.69 bits per heavy atom. The van der Waals surface area contributed by atoms with E-state index < -0.39 is 24.0 Å². The Morgan fingerprint density at radius 1 is 1.08 bits per heavy atom. The van der Waals surface area contributed by atoms with Crippen LogP contribution in [0.4, 0.5) is 0 Å². The van der Waals surface area contributed by atoms with Gasteiger partial charge in [0.1, 0.15) is 12.0 Å². The maximum atomic E-state index is 12.0. The van der Waals surface area contributed by atoms with Crippen LogP contribution in [0, 0.1) is 0 Å². The van der Waals surface area contributed by atoms with Gasteiger partial charge in [0, 0.05) is 26.8 Å². The van der Waals surface area contributed by atoms with Crippen LogP contribution in [-0.2, 0) is 19.9 Å². The third-order valence-electron chi connectivity index (χ3n) is 4.83. The molecule has 2 N–H and O–H groups in total. The molecule has 0 amide bonds. The van der Waals surface area contributed by atoms with Crippen LogP contribution in [0.5, 0.6) is 0 Å². The van der Waals surface area contributed by atoms with Gasteiger partial charge in [-0.1, -0.05) is 43.6 Å². The Labute approximate surface area is 155 Å². The number of hydrogen-bond donors (Lipinski definition) is 2. The van der Waals surface area contributed by atoms with Crippen molar-refractivity contribution in [1.82, 2.24) is 4.98 Å². The fourth-order valence-corrected chi connectivity index (χ4v) is 3.58. The highest BCUT2D eigenvalue weighted by atomic mass is 35.5. The van der Waals surface area contributed by atoms with Crippen LogP contribution in [0.2, 0.25) is 5.02 Å². The van der Waals surface area contributed by atoms with Crippen molar-refractivity contribution in [1.29, 1.82) is 0 Å². The Hall–Kier alpha value is -2.53. The van der Waals surface area contributed by atoms with E-state index in [1.807, 2.05) is 50.2 Å². The number of carbonyl (C=O) groups excluding carboxylic acids is 1. The lowest BCUT2D eigenvalue weighted by Crippen LogP contribution is -2.32.